The van der Waals surface area contributed by atoms with Crippen LogP contribution in [0.4, 0.5) is 17.1 Å². The maximum atomic E-state index is 2.52. The van der Waals surface area contributed by atoms with Crippen LogP contribution >= 0.6 is 0 Å². The van der Waals surface area contributed by atoms with Crippen LogP contribution in [0.2, 0.25) is 0 Å². The lowest BCUT2D eigenvalue weighted by molar-refractivity contribution is 0.590. The van der Waals surface area contributed by atoms with Gasteiger partial charge in [-0.2, -0.15) is 0 Å². The molecule has 0 saturated heterocycles. The number of anilines is 3. The fourth-order valence-corrected chi connectivity index (χ4v) is 9.68. The molecule has 0 saturated carbocycles. The van der Waals surface area contributed by atoms with Crippen molar-refractivity contribution in [1.29, 1.82) is 0 Å². The van der Waals surface area contributed by atoms with Crippen molar-refractivity contribution in [2.45, 2.75) is 26.2 Å². The van der Waals surface area contributed by atoms with Crippen LogP contribution in [0.25, 0.3) is 82.8 Å². The molecule has 2 nitrogen and oxygen atoms in total. The molecule has 0 aliphatic carbocycles. The number of benzene rings is 10. The molecule has 0 N–H and O–H groups in total. The third kappa shape index (κ3) is 6.85. The Morgan fingerprint density at radius 1 is 0.375 bits per heavy atom. The lowest BCUT2D eigenvalue weighted by Crippen LogP contribution is -2.16. The maximum absolute atomic E-state index is 2.52. The average Bonchev–Trinajstić information content (AvgIpc) is 3.69. The van der Waals surface area contributed by atoms with Crippen molar-refractivity contribution in [3.63, 3.8) is 0 Å². The van der Waals surface area contributed by atoms with Crippen molar-refractivity contribution in [3.05, 3.63) is 242 Å². The Labute approximate surface area is 376 Å². The van der Waals surface area contributed by atoms with E-state index in [9.17, 15) is 0 Å². The molecule has 0 unspecified atom stereocenters. The fraction of sp³-hybridized carbons (Fsp3) is 0.0645. The van der Waals surface area contributed by atoms with Gasteiger partial charge in [-0.05, 0) is 92.0 Å². The molecular weight excluding hydrogens is 773 g/mol. The first-order chi connectivity index (χ1) is 31.4. The Hall–Kier alpha value is -7.94. The predicted octanol–water partition coefficient (Wildman–Crippen LogP) is 17.4. The number of rotatable bonds is 8. The van der Waals surface area contributed by atoms with E-state index >= 15 is 0 Å². The molecule has 1 aromatic heterocycles. The number of aromatic nitrogens is 1. The zero-order valence-electron chi connectivity index (χ0n) is 36.4. The molecule has 0 spiro atoms. The third-order valence-electron chi connectivity index (χ3n) is 12.7. The van der Waals surface area contributed by atoms with E-state index in [1.165, 1.54) is 71.5 Å². The molecule has 0 atom stereocenters. The molecule has 0 amide bonds. The summed E-state index contributed by atoms with van der Waals surface area (Å²) in [7, 11) is 0. The van der Waals surface area contributed by atoms with Gasteiger partial charge in [-0.15, -0.1) is 0 Å². The molecule has 306 valence electrons. The van der Waals surface area contributed by atoms with E-state index in [4.69, 9.17) is 0 Å². The molecule has 0 radical (unpaired) electrons. The molecule has 0 fully saturated rings. The highest BCUT2D eigenvalue weighted by Gasteiger charge is 2.25. The van der Waals surface area contributed by atoms with E-state index in [0.717, 1.165) is 33.9 Å². The topological polar surface area (TPSA) is 8.17 Å². The SMILES string of the molecule is CC(C)(C)c1ccc(-c2ccccc2)c(N(c2cccc(-c3cccc4c5ccccc5n(-c5ccccc5)c34)c2)c2ccccc2-c2cccc3cccc(-c4ccccc4)c23)c1. The second kappa shape index (κ2) is 16.1. The van der Waals surface area contributed by atoms with Crippen LogP contribution < -0.4 is 4.90 Å². The highest BCUT2D eigenvalue weighted by atomic mass is 15.1. The van der Waals surface area contributed by atoms with Gasteiger partial charge in [0.15, 0.2) is 0 Å². The molecular formula is C62H48N2. The van der Waals surface area contributed by atoms with Crippen LogP contribution in [0, 0.1) is 0 Å². The molecule has 10 aromatic carbocycles. The van der Waals surface area contributed by atoms with E-state index < -0.39 is 0 Å². The standard InChI is InChI=1S/C62H48N2/c1-62(2,3)47-39-40-50(43-21-7-4-8-22-43)59(42-47)63(57-37-15-13-31-53(57)55-35-19-26-45-25-18-33-51(60(45)55)44-23-9-5-10-24-44)49-30-17-27-46(41-49)52-34-20-36-56-54-32-14-16-38-58(54)64(61(52)56)48-28-11-6-12-29-48/h4-42H,1-3H3. The van der Waals surface area contributed by atoms with Gasteiger partial charge in [0.25, 0.3) is 0 Å². The van der Waals surface area contributed by atoms with Crippen molar-refractivity contribution in [3.8, 4) is 50.2 Å². The predicted molar refractivity (Wildman–Crippen MR) is 273 cm³/mol. The smallest absolute Gasteiger partial charge is 0.0619 e. The zero-order valence-corrected chi connectivity index (χ0v) is 36.4. The summed E-state index contributed by atoms with van der Waals surface area (Å²) in [6, 6.07) is 86.6. The van der Waals surface area contributed by atoms with Crippen LogP contribution in [0.5, 0.6) is 0 Å². The minimum absolute atomic E-state index is 0.0856. The normalized spacial score (nSPS) is 11.7. The summed E-state index contributed by atoms with van der Waals surface area (Å²) in [5.74, 6) is 0. The summed E-state index contributed by atoms with van der Waals surface area (Å²) in [5, 5.41) is 4.93. The highest BCUT2D eigenvalue weighted by Crippen LogP contribution is 2.49. The summed E-state index contributed by atoms with van der Waals surface area (Å²) < 4.78 is 2.44. The van der Waals surface area contributed by atoms with Gasteiger partial charge in [0.05, 0.1) is 22.4 Å². The van der Waals surface area contributed by atoms with Gasteiger partial charge in [0.1, 0.15) is 0 Å². The van der Waals surface area contributed by atoms with E-state index in [-0.39, 0.29) is 5.41 Å². The third-order valence-corrected chi connectivity index (χ3v) is 12.7. The Kier molecular flexibility index (Phi) is 9.78. The van der Waals surface area contributed by atoms with Crippen LogP contribution in [0.1, 0.15) is 26.3 Å². The van der Waals surface area contributed by atoms with Gasteiger partial charge in [-0.1, -0.05) is 215 Å². The summed E-state index contributed by atoms with van der Waals surface area (Å²) in [6.07, 6.45) is 0. The van der Waals surface area contributed by atoms with Crippen LogP contribution in [0.15, 0.2) is 237 Å². The lowest BCUT2D eigenvalue weighted by atomic mass is 9.85. The summed E-state index contributed by atoms with van der Waals surface area (Å²) in [4.78, 5) is 2.52. The van der Waals surface area contributed by atoms with Gasteiger partial charge in [0.2, 0.25) is 0 Å². The van der Waals surface area contributed by atoms with Gasteiger partial charge in [0, 0.05) is 38.8 Å². The first-order valence-corrected chi connectivity index (χ1v) is 22.3. The summed E-state index contributed by atoms with van der Waals surface area (Å²) >= 11 is 0. The van der Waals surface area contributed by atoms with E-state index in [2.05, 4.69) is 267 Å². The van der Waals surface area contributed by atoms with Crippen molar-refractivity contribution in [1.82, 2.24) is 4.57 Å². The Balaban J connectivity index is 1.21. The number of fused-ring (bicyclic) bond motifs is 4. The lowest BCUT2D eigenvalue weighted by Gasteiger charge is -2.32. The van der Waals surface area contributed by atoms with Crippen LogP contribution in [-0.2, 0) is 5.41 Å². The van der Waals surface area contributed by atoms with Gasteiger partial charge in [-0.25, -0.2) is 0 Å². The average molecular weight is 821 g/mol. The molecule has 1 heterocycles. The molecule has 64 heavy (non-hydrogen) atoms. The Morgan fingerprint density at radius 3 is 1.69 bits per heavy atom. The van der Waals surface area contributed by atoms with Gasteiger partial charge < -0.3 is 9.47 Å². The molecule has 0 aliphatic rings. The molecule has 0 bridgehead atoms. The Bertz CT molecular complexity index is 3460. The molecule has 2 heteroatoms. The van der Waals surface area contributed by atoms with E-state index in [0.29, 0.717) is 0 Å². The van der Waals surface area contributed by atoms with Crippen LogP contribution in [-0.4, -0.2) is 4.57 Å². The number of hydrogen-bond donors (Lipinski definition) is 0. The fourth-order valence-electron chi connectivity index (χ4n) is 9.68. The van der Waals surface area contributed by atoms with Gasteiger partial charge in [-0.3, -0.25) is 0 Å². The minimum Gasteiger partial charge on any atom is -0.309 e. The first-order valence-electron chi connectivity index (χ1n) is 22.3. The van der Waals surface area contributed by atoms with Crippen molar-refractivity contribution in [2.75, 3.05) is 4.90 Å². The van der Waals surface area contributed by atoms with Crippen molar-refractivity contribution >= 4 is 49.6 Å². The van der Waals surface area contributed by atoms with Crippen molar-refractivity contribution in [2.24, 2.45) is 0 Å². The quantitative estimate of drug-likeness (QED) is 0.148. The highest BCUT2D eigenvalue weighted by molar-refractivity contribution is 6.14. The number of hydrogen-bond acceptors (Lipinski definition) is 1. The second-order valence-corrected chi connectivity index (χ2v) is 17.7. The largest absolute Gasteiger partial charge is 0.309 e. The van der Waals surface area contributed by atoms with Crippen LogP contribution in [0.3, 0.4) is 0 Å². The number of para-hydroxylation sites is 4. The van der Waals surface area contributed by atoms with E-state index in [1.54, 1.807) is 0 Å². The van der Waals surface area contributed by atoms with E-state index in [1.807, 2.05) is 0 Å². The molecule has 11 rings (SSSR count). The first kappa shape index (κ1) is 38.9. The summed E-state index contributed by atoms with van der Waals surface area (Å²) in [5.41, 5.74) is 17.5. The number of nitrogens with zero attached hydrogens (tertiary/aromatic N) is 2. The monoisotopic (exact) mass is 820 g/mol. The minimum atomic E-state index is -0.0856. The van der Waals surface area contributed by atoms with Gasteiger partial charge >= 0.3 is 0 Å². The molecule has 11 aromatic rings. The van der Waals surface area contributed by atoms with Crippen molar-refractivity contribution < 1.29 is 0 Å². The zero-order chi connectivity index (χ0) is 43.2. The molecule has 0 aliphatic heterocycles. The second-order valence-electron chi connectivity index (χ2n) is 17.7. The summed E-state index contributed by atoms with van der Waals surface area (Å²) in [6.45, 7) is 6.92. The Morgan fingerprint density at radius 2 is 0.938 bits per heavy atom. The maximum Gasteiger partial charge on any atom is 0.0619 e.